The van der Waals surface area contributed by atoms with E-state index in [2.05, 4.69) is 36.5 Å². The zero-order valence-corrected chi connectivity index (χ0v) is 17.6. The summed E-state index contributed by atoms with van der Waals surface area (Å²) in [7, 11) is 0. The minimum atomic E-state index is -0.592. The number of amides is 1. The molecule has 2 aliphatic rings. The molecule has 2 heterocycles. The van der Waals surface area contributed by atoms with Gasteiger partial charge in [-0.2, -0.15) is 0 Å². The van der Waals surface area contributed by atoms with Gasteiger partial charge in [-0.05, 0) is 49.1 Å². The van der Waals surface area contributed by atoms with Gasteiger partial charge in [-0.25, -0.2) is 0 Å². The van der Waals surface area contributed by atoms with Crippen LogP contribution in [0, 0.1) is 6.92 Å². The van der Waals surface area contributed by atoms with Crippen LogP contribution in [0.4, 0.5) is 11.4 Å². The Kier molecular flexibility index (Phi) is 4.74. The highest BCUT2D eigenvalue weighted by atomic mass is 16.3. The van der Waals surface area contributed by atoms with Crippen LogP contribution in [0.25, 0.3) is 0 Å². The topological polar surface area (TPSA) is 62.6 Å². The molecule has 0 saturated carbocycles. The highest BCUT2D eigenvalue weighted by Gasteiger charge is 2.41. The Labute approximate surface area is 181 Å². The molecule has 0 bridgehead atoms. The summed E-state index contributed by atoms with van der Waals surface area (Å²) in [4.78, 5) is 28.1. The first-order valence-corrected chi connectivity index (χ1v) is 10.5. The number of aryl methyl sites for hydroxylation is 1. The maximum Gasteiger partial charge on any atom is 0.224 e. The van der Waals surface area contributed by atoms with E-state index < -0.39 is 6.04 Å². The monoisotopic (exact) mass is 412 g/mol. The number of nitrogens with one attached hydrogen (secondary N) is 1. The lowest BCUT2D eigenvalue weighted by Crippen LogP contribution is -2.37. The van der Waals surface area contributed by atoms with Crippen molar-refractivity contribution in [1.82, 2.24) is 0 Å². The average Bonchev–Trinajstić information content (AvgIpc) is 3.23. The number of carbonyl (C=O) groups excluding carboxylic acids is 2. The van der Waals surface area contributed by atoms with Crippen LogP contribution in [0.5, 0.6) is 0 Å². The molecule has 0 spiro atoms. The van der Waals surface area contributed by atoms with E-state index in [0.29, 0.717) is 24.2 Å². The summed E-state index contributed by atoms with van der Waals surface area (Å²) in [5.41, 5.74) is 5.39. The van der Waals surface area contributed by atoms with Gasteiger partial charge in [0.1, 0.15) is 11.8 Å². The van der Waals surface area contributed by atoms with E-state index in [1.807, 2.05) is 30.3 Å². The number of Topliss-reactive ketones (excluding diaryl/α,β-unsaturated/α-hetero) is 1. The molecule has 3 aromatic rings. The van der Waals surface area contributed by atoms with Crippen LogP contribution in [0.3, 0.4) is 0 Å². The van der Waals surface area contributed by atoms with E-state index in [4.69, 9.17) is 4.42 Å². The van der Waals surface area contributed by atoms with Gasteiger partial charge in [0.2, 0.25) is 5.91 Å². The van der Waals surface area contributed by atoms with Gasteiger partial charge in [-0.3, -0.25) is 14.5 Å². The maximum absolute atomic E-state index is 13.6. The number of benzene rings is 2. The van der Waals surface area contributed by atoms with Gasteiger partial charge in [-0.15, -0.1) is 0 Å². The zero-order chi connectivity index (χ0) is 21.5. The molecule has 2 aromatic carbocycles. The van der Waals surface area contributed by atoms with E-state index in [0.717, 1.165) is 22.6 Å². The van der Waals surface area contributed by atoms with Crippen molar-refractivity contribution in [3.63, 3.8) is 0 Å². The largest absolute Gasteiger partial charge is 0.467 e. The molecule has 0 unspecified atom stereocenters. The number of anilines is 2. The number of allylic oxidation sites excluding steroid dienone is 1. The smallest absolute Gasteiger partial charge is 0.224 e. The van der Waals surface area contributed by atoms with Crippen LogP contribution in [0.2, 0.25) is 0 Å². The lowest BCUT2D eigenvalue weighted by Gasteiger charge is -2.33. The van der Waals surface area contributed by atoms with E-state index in [1.165, 1.54) is 12.5 Å². The summed E-state index contributed by atoms with van der Waals surface area (Å²) in [6.45, 7) is 3.59. The quantitative estimate of drug-likeness (QED) is 0.603. The van der Waals surface area contributed by atoms with Crippen LogP contribution in [0.1, 0.15) is 48.6 Å². The summed E-state index contributed by atoms with van der Waals surface area (Å²) in [6, 6.07) is 19.1. The van der Waals surface area contributed by atoms with Crippen LogP contribution in [-0.4, -0.2) is 11.7 Å². The summed E-state index contributed by atoms with van der Waals surface area (Å²) < 4.78 is 5.74. The lowest BCUT2D eigenvalue weighted by molar-refractivity contribution is -0.117. The first-order valence-electron chi connectivity index (χ1n) is 10.5. The van der Waals surface area contributed by atoms with Crippen LogP contribution in [0.15, 0.2) is 82.6 Å². The number of hydrogen-bond donors (Lipinski definition) is 1. The van der Waals surface area contributed by atoms with Crippen molar-refractivity contribution >= 4 is 23.1 Å². The normalized spacial score (nSPS) is 20.6. The molecule has 2 atom stereocenters. The number of furan rings is 1. The summed E-state index contributed by atoms with van der Waals surface area (Å²) >= 11 is 0. The summed E-state index contributed by atoms with van der Waals surface area (Å²) in [5, 5.41) is 3.50. The molecular weight excluding hydrogens is 388 g/mol. The third-order valence-electron chi connectivity index (χ3n) is 6.19. The van der Waals surface area contributed by atoms with Gasteiger partial charge in [0.25, 0.3) is 0 Å². The number of hydrogen-bond acceptors (Lipinski definition) is 4. The van der Waals surface area contributed by atoms with E-state index in [9.17, 15) is 9.59 Å². The number of para-hydroxylation sites is 2. The Morgan fingerprint density at radius 3 is 2.52 bits per heavy atom. The molecule has 1 aromatic heterocycles. The fourth-order valence-electron chi connectivity index (χ4n) is 4.73. The maximum atomic E-state index is 13.6. The van der Waals surface area contributed by atoms with Gasteiger partial charge in [0.15, 0.2) is 5.78 Å². The van der Waals surface area contributed by atoms with E-state index >= 15 is 0 Å². The minimum absolute atomic E-state index is 0.0415. The standard InChI is InChI=1S/C26H24N2O3/c1-16-9-11-18(12-10-16)19-14-21-25(23(30)15-19)26(24-8-5-13-31-24)28(17(2)29)22-7-4-3-6-20(22)27-21/h3-13,19,26-27H,14-15H2,1-2H3/t19-,26+/m0/s1. The molecule has 0 radical (unpaired) electrons. The van der Waals surface area contributed by atoms with Crippen LogP contribution < -0.4 is 10.2 Å². The minimum Gasteiger partial charge on any atom is -0.467 e. The molecule has 1 N–H and O–H groups in total. The number of fused-ring (bicyclic) bond motifs is 1. The summed E-state index contributed by atoms with van der Waals surface area (Å²) in [6.07, 6.45) is 2.69. The number of carbonyl (C=O) groups is 2. The van der Waals surface area contributed by atoms with Gasteiger partial charge >= 0.3 is 0 Å². The molecule has 1 aliphatic carbocycles. The molecule has 31 heavy (non-hydrogen) atoms. The Balaban J connectivity index is 1.67. The average molecular weight is 412 g/mol. The molecule has 0 fully saturated rings. The molecule has 5 heteroatoms. The van der Waals surface area contributed by atoms with E-state index in [-0.39, 0.29) is 17.6 Å². The molecule has 156 valence electrons. The predicted octanol–water partition coefficient (Wildman–Crippen LogP) is 5.51. The fourth-order valence-corrected chi connectivity index (χ4v) is 4.73. The lowest BCUT2D eigenvalue weighted by atomic mass is 9.79. The highest BCUT2D eigenvalue weighted by Crippen LogP contribution is 2.47. The van der Waals surface area contributed by atoms with Crippen molar-refractivity contribution in [3.8, 4) is 0 Å². The van der Waals surface area contributed by atoms with Gasteiger partial charge in [0, 0.05) is 24.6 Å². The second kappa shape index (κ2) is 7.58. The Morgan fingerprint density at radius 1 is 1.03 bits per heavy atom. The molecule has 1 amide bonds. The highest BCUT2D eigenvalue weighted by molar-refractivity contribution is 6.05. The molecule has 5 nitrogen and oxygen atoms in total. The van der Waals surface area contributed by atoms with E-state index in [1.54, 1.807) is 17.2 Å². The zero-order valence-electron chi connectivity index (χ0n) is 17.6. The molecule has 0 saturated heterocycles. The Morgan fingerprint density at radius 2 is 1.81 bits per heavy atom. The van der Waals surface area contributed by atoms with Gasteiger partial charge in [0.05, 0.1) is 17.6 Å². The number of nitrogens with zero attached hydrogens (tertiary/aromatic N) is 1. The van der Waals surface area contributed by atoms with Crippen molar-refractivity contribution in [1.29, 1.82) is 0 Å². The molecule has 1 aliphatic heterocycles. The molecular formula is C26H24N2O3. The van der Waals surface area contributed by atoms with Gasteiger partial charge < -0.3 is 9.73 Å². The van der Waals surface area contributed by atoms with Crippen molar-refractivity contribution < 1.29 is 14.0 Å². The Hall–Kier alpha value is -3.60. The third kappa shape index (κ3) is 3.36. The first kappa shape index (κ1) is 19.4. The van der Waals surface area contributed by atoms with Crippen molar-refractivity contribution in [2.45, 2.75) is 38.6 Å². The molecule has 5 rings (SSSR count). The number of rotatable bonds is 2. The number of ketones is 1. The van der Waals surface area contributed by atoms with Crippen molar-refractivity contribution in [2.24, 2.45) is 0 Å². The van der Waals surface area contributed by atoms with Gasteiger partial charge in [-0.1, -0.05) is 42.0 Å². The van der Waals surface area contributed by atoms with Crippen LogP contribution >= 0.6 is 0 Å². The third-order valence-corrected chi connectivity index (χ3v) is 6.19. The predicted molar refractivity (Wildman–Crippen MR) is 120 cm³/mol. The first-order chi connectivity index (χ1) is 15.0. The Bertz CT molecular complexity index is 1180. The fraction of sp³-hybridized carbons (Fsp3) is 0.231. The summed E-state index contributed by atoms with van der Waals surface area (Å²) in [5.74, 6) is 0.577. The second-order valence-electron chi connectivity index (χ2n) is 8.28. The second-order valence-corrected chi connectivity index (χ2v) is 8.28. The SMILES string of the molecule is CC(=O)N1c2ccccc2NC2=C(C(=O)C[C@@H](c3ccc(C)cc3)C2)[C@H]1c1ccco1. The van der Waals surface area contributed by atoms with Crippen molar-refractivity contribution in [3.05, 3.63) is 95.1 Å². The van der Waals surface area contributed by atoms with Crippen LogP contribution in [-0.2, 0) is 9.59 Å². The van der Waals surface area contributed by atoms with Crippen molar-refractivity contribution in [2.75, 3.05) is 10.2 Å².